The van der Waals surface area contributed by atoms with E-state index >= 15 is 0 Å². The molecular formula is C20H31NO2S. The van der Waals surface area contributed by atoms with Crippen LogP contribution in [0.3, 0.4) is 0 Å². The van der Waals surface area contributed by atoms with E-state index in [2.05, 4.69) is 13.0 Å². The molecule has 3 rings (SSSR count). The van der Waals surface area contributed by atoms with Gasteiger partial charge in [-0.1, -0.05) is 45.4 Å². The van der Waals surface area contributed by atoms with Gasteiger partial charge in [0.25, 0.3) is 0 Å². The Bertz CT molecular complexity index is 535. The molecule has 2 aliphatic rings. The van der Waals surface area contributed by atoms with E-state index in [4.69, 9.17) is 0 Å². The number of carbonyl (C=O) groups is 1. The van der Waals surface area contributed by atoms with Crippen LogP contribution in [0.2, 0.25) is 0 Å². The molecule has 0 bridgehead atoms. The molecule has 1 aromatic heterocycles. The normalized spacial score (nSPS) is 23.3. The predicted octanol–water partition coefficient (Wildman–Crippen LogP) is 5.44. The Balaban J connectivity index is 1.64. The highest BCUT2D eigenvalue weighted by molar-refractivity contribution is 7.16. The van der Waals surface area contributed by atoms with Gasteiger partial charge in [-0.2, -0.15) is 0 Å². The average Bonchev–Trinajstić information content (AvgIpc) is 3.31. The Labute approximate surface area is 150 Å². The summed E-state index contributed by atoms with van der Waals surface area (Å²) in [4.78, 5) is 15.5. The zero-order valence-electron chi connectivity index (χ0n) is 14.9. The first-order valence-electron chi connectivity index (χ1n) is 9.80. The second-order valence-electron chi connectivity index (χ2n) is 7.47. The molecular weight excluding hydrogens is 318 g/mol. The van der Waals surface area contributed by atoms with Crippen LogP contribution >= 0.6 is 11.3 Å². The van der Waals surface area contributed by atoms with E-state index in [0.717, 1.165) is 35.6 Å². The lowest BCUT2D eigenvalue weighted by molar-refractivity contribution is -0.117. The lowest BCUT2D eigenvalue weighted by Gasteiger charge is -2.23. The maximum Gasteiger partial charge on any atom is 0.227 e. The number of unbranched alkanes of at least 4 members (excludes halogenated alkanes) is 3. The van der Waals surface area contributed by atoms with Crippen molar-refractivity contribution in [3.05, 3.63) is 17.0 Å². The van der Waals surface area contributed by atoms with E-state index in [1.54, 1.807) is 11.3 Å². The van der Waals surface area contributed by atoms with Gasteiger partial charge in [-0.25, -0.2) is 0 Å². The highest BCUT2D eigenvalue weighted by Gasteiger charge is 2.33. The summed E-state index contributed by atoms with van der Waals surface area (Å²) in [6.45, 7) is 2.23. The van der Waals surface area contributed by atoms with Crippen LogP contribution in [0.15, 0.2) is 12.1 Å². The molecule has 3 nitrogen and oxygen atoms in total. The Morgan fingerprint density at radius 3 is 2.75 bits per heavy atom. The Morgan fingerprint density at radius 2 is 2.00 bits per heavy atom. The van der Waals surface area contributed by atoms with Crippen LogP contribution in [-0.2, 0) is 4.79 Å². The van der Waals surface area contributed by atoms with Crippen LogP contribution < -0.4 is 4.90 Å². The number of thiophene rings is 1. The minimum absolute atomic E-state index is 0.263. The summed E-state index contributed by atoms with van der Waals surface area (Å²) in [7, 11) is 0. The number of aliphatic hydroxyl groups excluding tert-OH is 1. The molecule has 1 aromatic rings. The average molecular weight is 350 g/mol. The highest BCUT2D eigenvalue weighted by Crippen LogP contribution is 2.41. The molecule has 2 heterocycles. The molecule has 1 aliphatic heterocycles. The number of aliphatic hydroxyl groups is 1. The fraction of sp³-hybridized carbons (Fsp3) is 0.750. The topological polar surface area (TPSA) is 40.5 Å². The van der Waals surface area contributed by atoms with Crippen molar-refractivity contribution < 1.29 is 9.90 Å². The number of hydrogen-bond donors (Lipinski definition) is 1. The number of anilines is 1. The Hall–Kier alpha value is -0.870. The zero-order chi connectivity index (χ0) is 16.9. The van der Waals surface area contributed by atoms with Gasteiger partial charge in [-0.3, -0.25) is 4.79 Å². The van der Waals surface area contributed by atoms with E-state index in [9.17, 15) is 9.90 Å². The first kappa shape index (κ1) is 17.9. The molecule has 1 amide bonds. The van der Waals surface area contributed by atoms with Crippen LogP contribution in [-0.4, -0.2) is 17.1 Å². The van der Waals surface area contributed by atoms with Gasteiger partial charge in [0.15, 0.2) is 0 Å². The van der Waals surface area contributed by atoms with Crippen molar-refractivity contribution in [2.24, 2.45) is 5.92 Å². The molecule has 2 fully saturated rings. The monoisotopic (exact) mass is 349 g/mol. The van der Waals surface area contributed by atoms with Crippen LogP contribution in [0, 0.1) is 5.92 Å². The van der Waals surface area contributed by atoms with E-state index in [0.29, 0.717) is 18.4 Å². The quantitative estimate of drug-likeness (QED) is 0.635. The molecule has 24 heavy (non-hydrogen) atoms. The lowest BCUT2D eigenvalue weighted by Crippen LogP contribution is -2.32. The second-order valence-corrected chi connectivity index (χ2v) is 8.56. The van der Waals surface area contributed by atoms with Crippen molar-refractivity contribution >= 4 is 22.2 Å². The molecule has 2 atom stereocenters. The highest BCUT2D eigenvalue weighted by atomic mass is 32.1. The van der Waals surface area contributed by atoms with E-state index in [1.807, 2.05) is 11.0 Å². The van der Waals surface area contributed by atoms with Gasteiger partial charge < -0.3 is 10.0 Å². The minimum atomic E-state index is -0.341. The maximum absolute atomic E-state index is 12.4. The van der Waals surface area contributed by atoms with Crippen molar-refractivity contribution in [3.63, 3.8) is 0 Å². The van der Waals surface area contributed by atoms with E-state index in [1.165, 1.54) is 38.5 Å². The fourth-order valence-electron chi connectivity index (χ4n) is 4.26. The third-order valence-corrected chi connectivity index (χ3v) is 6.86. The summed E-state index contributed by atoms with van der Waals surface area (Å²) in [5.41, 5.74) is 0. The van der Waals surface area contributed by atoms with Crippen molar-refractivity contribution in [2.75, 3.05) is 4.90 Å². The number of nitrogens with zero attached hydrogens (tertiary/aromatic N) is 1. The second kappa shape index (κ2) is 8.48. The van der Waals surface area contributed by atoms with Gasteiger partial charge >= 0.3 is 0 Å². The number of hydrogen-bond acceptors (Lipinski definition) is 3. The van der Waals surface area contributed by atoms with Crippen molar-refractivity contribution in [2.45, 2.75) is 89.7 Å². The van der Waals surface area contributed by atoms with Gasteiger partial charge in [0, 0.05) is 17.3 Å². The van der Waals surface area contributed by atoms with E-state index in [-0.39, 0.29) is 12.0 Å². The lowest BCUT2D eigenvalue weighted by atomic mass is 10.00. The van der Waals surface area contributed by atoms with Gasteiger partial charge in [0.1, 0.15) is 0 Å². The van der Waals surface area contributed by atoms with Gasteiger partial charge in [0.2, 0.25) is 5.91 Å². The molecule has 0 radical (unpaired) electrons. The summed E-state index contributed by atoms with van der Waals surface area (Å²) >= 11 is 1.63. The Morgan fingerprint density at radius 1 is 1.21 bits per heavy atom. The van der Waals surface area contributed by atoms with Crippen molar-refractivity contribution in [3.8, 4) is 0 Å². The molecule has 1 saturated carbocycles. The van der Waals surface area contributed by atoms with Crippen LogP contribution in [0.1, 0.15) is 88.5 Å². The van der Waals surface area contributed by atoms with Crippen LogP contribution in [0.4, 0.5) is 5.00 Å². The Kier molecular flexibility index (Phi) is 6.34. The summed E-state index contributed by atoms with van der Waals surface area (Å²) in [5.74, 6) is 0.676. The van der Waals surface area contributed by atoms with Crippen LogP contribution in [0.25, 0.3) is 0 Å². The van der Waals surface area contributed by atoms with E-state index < -0.39 is 0 Å². The zero-order valence-corrected chi connectivity index (χ0v) is 15.7. The van der Waals surface area contributed by atoms with Gasteiger partial charge in [-0.05, 0) is 43.7 Å². The largest absolute Gasteiger partial charge is 0.387 e. The fourth-order valence-corrected chi connectivity index (χ4v) is 5.44. The predicted molar refractivity (Wildman–Crippen MR) is 101 cm³/mol. The summed E-state index contributed by atoms with van der Waals surface area (Å²) in [6.07, 6.45) is 12.2. The smallest absolute Gasteiger partial charge is 0.227 e. The molecule has 1 N–H and O–H groups in total. The van der Waals surface area contributed by atoms with Crippen molar-refractivity contribution in [1.82, 2.24) is 0 Å². The third kappa shape index (κ3) is 4.02. The molecule has 4 heteroatoms. The number of amides is 1. The summed E-state index contributed by atoms with van der Waals surface area (Å²) < 4.78 is 0. The first-order chi connectivity index (χ1) is 11.7. The molecule has 0 aromatic carbocycles. The first-order valence-corrected chi connectivity index (χ1v) is 10.6. The number of carbonyl (C=O) groups excluding carboxylic acids is 1. The minimum Gasteiger partial charge on any atom is -0.387 e. The van der Waals surface area contributed by atoms with Crippen molar-refractivity contribution in [1.29, 1.82) is 0 Å². The molecule has 1 saturated heterocycles. The molecule has 1 aliphatic carbocycles. The van der Waals surface area contributed by atoms with Crippen LogP contribution in [0.5, 0.6) is 0 Å². The summed E-state index contributed by atoms with van der Waals surface area (Å²) in [5, 5.41) is 11.7. The van der Waals surface area contributed by atoms with Gasteiger partial charge in [0.05, 0.1) is 11.1 Å². The molecule has 0 spiro atoms. The maximum atomic E-state index is 12.4. The SMILES string of the molecule is CCCCCC[C@@H]1CCC(=O)N1c1ccc(C(O)C2CCCC2)s1. The molecule has 1 unspecified atom stereocenters. The van der Waals surface area contributed by atoms with Gasteiger partial charge in [-0.15, -0.1) is 11.3 Å². The summed E-state index contributed by atoms with van der Waals surface area (Å²) in [6, 6.07) is 4.47. The number of rotatable bonds is 8. The third-order valence-electron chi connectivity index (χ3n) is 5.70. The molecule has 134 valence electrons. The standard InChI is InChI=1S/C20H31NO2S/c1-2-3-4-5-10-16-11-13-18(22)21(16)19-14-12-17(24-19)20(23)15-8-6-7-9-15/h12,14-16,20,23H,2-11,13H2,1H3/t16-,20?/m1/s1.